The van der Waals surface area contributed by atoms with Gasteiger partial charge in [-0.1, -0.05) is 0 Å². The molecule has 2 aromatic rings. The summed E-state index contributed by atoms with van der Waals surface area (Å²) in [5.41, 5.74) is 7.64. The summed E-state index contributed by atoms with van der Waals surface area (Å²) < 4.78 is 5.61. The van der Waals surface area contributed by atoms with Crippen LogP contribution >= 0.6 is 0 Å². The van der Waals surface area contributed by atoms with Crippen LogP contribution in [-0.4, -0.2) is 10.8 Å². The maximum absolute atomic E-state index is 11.6. The highest BCUT2D eigenvalue weighted by molar-refractivity contribution is 5.97. The minimum absolute atomic E-state index is 0.152. The Morgan fingerprint density at radius 1 is 1.35 bits per heavy atom. The molecule has 100 valence electrons. The van der Waals surface area contributed by atoms with E-state index in [1.54, 1.807) is 31.2 Å². The van der Waals surface area contributed by atoms with Gasteiger partial charge in [-0.2, -0.15) is 5.26 Å². The number of ketones is 1. The van der Waals surface area contributed by atoms with Crippen molar-refractivity contribution < 1.29 is 9.53 Å². The Morgan fingerprint density at radius 3 is 2.75 bits per heavy atom. The third-order valence-corrected chi connectivity index (χ3v) is 2.66. The molecule has 1 aromatic carbocycles. The maximum atomic E-state index is 11.6. The third kappa shape index (κ3) is 2.93. The van der Waals surface area contributed by atoms with E-state index in [4.69, 9.17) is 15.7 Å². The molecule has 2 rings (SSSR count). The standard InChI is InChI=1S/C15H13N3O2/c1-9-5-11(8-16)6-15(18-9)20-14-4-3-12(17)7-13(14)10(2)19/h3-7H,17H2,1-2H3. The Balaban J connectivity index is 2.42. The molecule has 5 heteroatoms. The summed E-state index contributed by atoms with van der Waals surface area (Å²) >= 11 is 0. The Bertz CT molecular complexity index is 718. The molecule has 2 N–H and O–H groups in total. The highest BCUT2D eigenvalue weighted by Crippen LogP contribution is 2.27. The van der Waals surface area contributed by atoms with E-state index in [1.165, 1.54) is 13.0 Å². The average molecular weight is 267 g/mol. The summed E-state index contributed by atoms with van der Waals surface area (Å²) in [5, 5.41) is 8.93. The van der Waals surface area contributed by atoms with Gasteiger partial charge in [0, 0.05) is 17.4 Å². The number of aromatic nitrogens is 1. The molecular weight excluding hydrogens is 254 g/mol. The molecule has 0 radical (unpaired) electrons. The lowest BCUT2D eigenvalue weighted by molar-refractivity contribution is 0.101. The monoisotopic (exact) mass is 267 g/mol. The van der Waals surface area contributed by atoms with Crippen molar-refractivity contribution in [2.75, 3.05) is 5.73 Å². The largest absolute Gasteiger partial charge is 0.438 e. The van der Waals surface area contributed by atoms with Gasteiger partial charge in [0.2, 0.25) is 5.88 Å². The van der Waals surface area contributed by atoms with Crippen molar-refractivity contribution in [1.82, 2.24) is 4.98 Å². The number of nitrogens with two attached hydrogens (primary N) is 1. The van der Waals surface area contributed by atoms with Crippen molar-refractivity contribution in [3.05, 3.63) is 47.2 Å². The Kier molecular flexibility index (Phi) is 3.67. The van der Waals surface area contributed by atoms with Gasteiger partial charge in [0.1, 0.15) is 5.75 Å². The third-order valence-electron chi connectivity index (χ3n) is 2.66. The van der Waals surface area contributed by atoms with Crippen molar-refractivity contribution in [3.63, 3.8) is 0 Å². The van der Waals surface area contributed by atoms with Crippen LogP contribution in [0.1, 0.15) is 28.5 Å². The molecule has 1 aromatic heterocycles. The molecule has 0 atom stereocenters. The molecule has 0 aliphatic heterocycles. The molecule has 0 bridgehead atoms. The Morgan fingerprint density at radius 2 is 2.10 bits per heavy atom. The molecule has 20 heavy (non-hydrogen) atoms. The van der Waals surface area contributed by atoms with E-state index in [2.05, 4.69) is 4.98 Å². The zero-order chi connectivity index (χ0) is 14.7. The van der Waals surface area contributed by atoms with Gasteiger partial charge < -0.3 is 10.5 Å². The van der Waals surface area contributed by atoms with Gasteiger partial charge in [0.05, 0.1) is 17.2 Å². The molecule has 0 fully saturated rings. The van der Waals surface area contributed by atoms with Crippen LogP contribution in [-0.2, 0) is 0 Å². The zero-order valence-corrected chi connectivity index (χ0v) is 11.2. The number of nitrogens with zero attached hydrogens (tertiary/aromatic N) is 2. The van der Waals surface area contributed by atoms with E-state index < -0.39 is 0 Å². The van der Waals surface area contributed by atoms with E-state index >= 15 is 0 Å². The number of hydrogen-bond acceptors (Lipinski definition) is 5. The number of pyridine rings is 1. The Hall–Kier alpha value is -2.87. The number of hydrogen-bond donors (Lipinski definition) is 1. The fraction of sp³-hybridized carbons (Fsp3) is 0.133. The van der Waals surface area contributed by atoms with E-state index in [0.717, 1.165) is 0 Å². The summed E-state index contributed by atoms with van der Waals surface area (Å²) in [5.74, 6) is 0.489. The van der Waals surface area contributed by atoms with Gasteiger partial charge in [-0.3, -0.25) is 4.79 Å². The first-order chi connectivity index (χ1) is 9.49. The van der Waals surface area contributed by atoms with Crippen LogP contribution in [0.5, 0.6) is 11.6 Å². The van der Waals surface area contributed by atoms with Gasteiger partial charge in [-0.25, -0.2) is 4.98 Å². The summed E-state index contributed by atoms with van der Waals surface area (Å²) in [6, 6.07) is 10.0. The second-order valence-electron chi connectivity index (χ2n) is 4.36. The number of nitriles is 1. The van der Waals surface area contributed by atoms with Crippen LogP contribution in [0.4, 0.5) is 5.69 Å². The number of nitrogen functional groups attached to an aromatic ring is 1. The van der Waals surface area contributed by atoms with Gasteiger partial charge in [-0.05, 0) is 38.1 Å². The molecule has 0 unspecified atom stereocenters. The van der Waals surface area contributed by atoms with E-state index in [-0.39, 0.29) is 11.7 Å². The predicted molar refractivity (Wildman–Crippen MR) is 74.6 cm³/mol. The normalized spacial score (nSPS) is 9.85. The minimum Gasteiger partial charge on any atom is -0.438 e. The smallest absolute Gasteiger partial charge is 0.220 e. The second-order valence-corrected chi connectivity index (χ2v) is 4.36. The van der Waals surface area contributed by atoms with Crippen molar-refractivity contribution in [2.45, 2.75) is 13.8 Å². The van der Waals surface area contributed by atoms with Gasteiger partial charge in [0.15, 0.2) is 5.78 Å². The average Bonchev–Trinajstić information content (AvgIpc) is 2.40. The SMILES string of the molecule is CC(=O)c1cc(N)ccc1Oc1cc(C#N)cc(C)n1. The van der Waals surface area contributed by atoms with Crippen molar-refractivity contribution in [1.29, 1.82) is 5.26 Å². The van der Waals surface area contributed by atoms with E-state index in [1.807, 2.05) is 6.07 Å². The van der Waals surface area contributed by atoms with Gasteiger partial charge in [0.25, 0.3) is 0 Å². The second kappa shape index (κ2) is 5.41. The van der Waals surface area contributed by atoms with E-state index in [9.17, 15) is 4.79 Å². The first-order valence-electron chi connectivity index (χ1n) is 5.96. The van der Waals surface area contributed by atoms with Crippen LogP contribution in [0.2, 0.25) is 0 Å². The summed E-state index contributed by atoms with van der Waals surface area (Å²) in [6.07, 6.45) is 0. The predicted octanol–water partition coefficient (Wildman–Crippen LogP) is 2.84. The fourth-order valence-corrected chi connectivity index (χ4v) is 1.78. The van der Waals surface area contributed by atoms with E-state index in [0.29, 0.717) is 28.3 Å². The molecule has 0 aliphatic rings. The molecule has 5 nitrogen and oxygen atoms in total. The molecule has 1 heterocycles. The number of carbonyl (C=O) groups is 1. The number of Topliss-reactive ketones (excluding diaryl/α,β-unsaturated/α-hetero) is 1. The van der Waals surface area contributed by atoms with Crippen LogP contribution in [0.3, 0.4) is 0 Å². The summed E-state index contributed by atoms with van der Waals surface area (Å²) in [7, 11) is 0. The first-order valence-corrected chi connectivity index (χ1v) is 5.96. The van der Waals surface area contributed by atoms with Crippen molar-refractivity contribution in [3.8, 4) is 17.7 Å². The molecule has 0 saturated carbocycles. The number of aryl methyl sites for hydroxylation is 1. The fourth-order valence-electron chi connectivity index (χ4n) is 1.78. The lowest BCUT2D eigenvalue weighted by Gasteiger charge is -2.10. The molecule has 0 spiro atoms. The van der Waals surface area contributed by atoms with Gasteiger partial charge >= 0.3 is 0 Å². The number of carbonyl (C=O) groups excluding carboxylic acids is 1. The first kappa shape index (κ1) is 13.6. The number of anilines is 1. The lowest BCUT2D eigenvalue weighted by Crippen LogP contribution is -2.00. The quantitative estimate of drug-likeness (QED) is 0.682. The minimum atomic E-state index is -0.152. The summed E-state index contributed by atoms with van der Waals surface area (Å²) in [4.78, 5) is 15.8. The van der Waals surface area contributed by atoms with Crippen molar-refractivity contribution in [2.24, 2.45) is 0 Å². The van der Waals surface area contributed by atoms with Crippen molar-refractivity contribution >= 4 is 11.5 Å². The molecule has 0 amide bonds. The van der Waals surface area contributed by atoms with Crippen LogP contribution in [0.15, 0.2) is 30.3 Å². The number of benzene rings is 1. The Labute approximate surface area is 116 Å². The summed E-state index contributed by atoms with van der Waals surface area (Å²) in [6.45, 7) is 3.20. The maximum Gasteiger partial charge on any atom is 0.220 e. The lowest BCUT2D eigenvalue weighted by atomic mass is 10.1. The molecule has 0 saturated heterocycles. The van der Waals surface area contributed by atoms with Crippen LogP contribution < -0.4 is 10.5 Å². The number of ether oxygens (including phenoxy) is 1. The zero-order valence-electron chi connectivity index (χ0n) is 11.2. The highest BCUT2D eigenvalue weighted by atomic mass is 16.5. The van der Waals surface area contributed by atoms with Crippen LogP contribution in [0, 0.1) is 18.3 Å². The van der Waals surface area contributed by atoms with Gasteiger partial charge in [-0.15, -0.1) is 0 Å². The molecular formula is C15H13N3O2. The number of rotatable bonds is 3. The topological polar surface area (TPSA) is 89.0 Å². The molecule has 0 aliphatic carbocycles. The van der Waals surface area contributed by atoms with Crippen LogP contribution in [0.25, 0.3) is 0 Å². The highest BCUT2D eigenvalue weighted by Gasteiger charge is 2.11.